The number of carbonyl (C=O) groups excluding carboxylic acids is 1. The van der Waals surface area contributed by atoms with Gasteiger partial charge in [-0.15, -0.1) is 0 Å². The lowest BCUT2D eigenvalue weighted by Gasteiger charge is -2.26. The van der Waals surface area contributed by atoms with Crippen LogP contribution in [0.1, 0.15) is 30.5 Å². The topological polar surface area (TPSA) is 58.1 Å². The van der Waals surface area contributed by atoms with Crippen LogP contribution in [0.3, 0.4) is 0 Å². The maximum atomic E-state index is 13.0. The summed E-state index contributed by atoms with van der Waals surface area (Å²) in [5, 5.41) is 4.11. The summed E-state index contributed by atoms with van der Waals surface area (Å²) in [7, 11) is 0. The van der Waals surface area contributed by atoms with Gasteiger partial charge in [-0.1, -0.05) is 103 Å². The van der Waals surface area contributed by atoms with Crippen LogP contribution in [0, 0.1) is 0 Å². The van der Waals surface area contributed by atoms with E-state index < -0.39 is 0 Å². The standard InChI is InChI=1S/C32H30N4O/c1-24(26-15-7-3-8-16-26)33-30(37)21-22-36(23-25-13-5-2-6-14-25)32-28-19-11-12-20-29(28)34-31(35-32)27-17-9-4-10-18-27/h2-20,24H,21-23H2,1H3,(H,33,37). The van der Waals surface area contributed by atoms with Crippen LogP contribution in [0.15, 0.2) is 115 Å². The Kier molecular flexibility index (Phi) is 7.51. The zero-order chi connectivity index (χ0) is 25.5. The zero-order valence-corrected chi connectivity index (χ0v) is 20.9. The average Bonchev–Trinajstić information content (AvgIpc) is 2.96. The molecule has 0 fully saturated rings. The second-order valence-corrected chi connectivity index (χ2v) is 9.11. The molecule has 0 radical (unpaired) electrons. The van der Waals surface area contributed by atoms with E-state index in [9.17, 15) is 4.79 Å². The van der Waals surface area contributed by atoms with E-state index in [1.807, 2.05) is 104 Å². The Balaban J connectivity index is 1.45. The number of hydrogen-bond acceptors (Lipinski definition) is 4. The van der Waals surface area contributed by atoms with E-state index in [2.05, 4.69) is 28.4 Å². The van der Waals surface area contributed by atoms with Gasteiger partial charge in [0.05, 0.1) is 11.6 Å². The number of para-hydroxylation sites is 1. The van der Waals surface area contributed by atoms with Gasteiger partial charge < -0.3 is 10.2 Å². The predicted octanol–water partition coefficient (Wildman–Crippen LogP) is 6.57. The molecule has 5 rings (SSSR count). The third-order valence-electron chi connectivity index (χ3n) is 6.42. The van der Waals surface area contributed by atoms with Gasteiger partial charge >= 0.3 is 0 Å². The van der Waals surface area contributed by atoms with Crippen LogP contribution < -0.4 is 10.2 Å². The zero-order valence-electron chi connectivity index (χ0n) is 20.9. The van der Waals surface area contributed by atoms with Crippen LogP contribution in [0.25, 0.3) is 22.3 Å². The molecule has 5 heteroatoms. The first-order valence-electron chi connectivity index (χ1n) is 12.6. The molecule has 1 heterocycles. The number of amides is 1. The number of hydrogen-bond donors (Lipinski definition) is 1. The molecule has 5 nitrogen and oxygen atoms in total. The molecule has 4 aromatic carbocycles. The van der Waals surface area contributed by atoms with Gasteiger partial charge in [0, 0.05) is 30.5 Å². The lowest BCUT2D eigenvalue weighted by Crippen LogP contribution is -2.32. The molecule has 0 aliphatic rings. The molecule has 1 unspecified atom stereocenters. The predicted molar refractivity (Wildman–Crippen MR) is 150 cm³/mol. The molecule has 37 heavy (non-hydrogen) atoms. The Hall–Kier alpha value is -4.51. The number of aromatic nitrogens is 2. The fourth-order valence-corrected chi connectivity index (χ4v) is 4.46. The normalized spacial score (nSPS) is 11.7. The monoisotopic (exact) mass is 486 g/mol. The molecule has 0 saturated heterocycles. The van der Waals surface area contributed by atoms with E-state index in [1.54, 1.807) is 0 Å². The molecule has 1 atom stereocenters. The first-order valence-corrected chi connectivity index (χ1v) is 12.6. The summed E-state index contributed by atoms with van der Waals surface area (Å²) in [4.78, 5) is 25.1. The van der Waals surface area contributed by atoms with E-state index in [4.69, 9.17) is 9.97 Å². The number of rotatable bonds is 9. The molecule has 0 aliphatic heterocycles. The minimum Gasteiger partial charge on any atom is -0.351 e. The van der Waals surface area contributed by atoms with Gasteiger partial charge in [0.25, 0.3) is 0 Å². The van der Waals surface area contributed by atoms with E-state index in [-0.39, 0.29) is 11.9 Å². The van der Waals surface area contributed by atoms with E-state index in [0.717, 1.165) is 33.4 Å². The number of carbonyl (C=O) groups is 1. The Morgan fingerprint density at radius 2 is 1.41 bits per heavy atom. The third-order valence-corrected chi connectivity index (χ3v) is 6.42. The van der Waals surface area contributed by atoms with Crippen molar-refractivity contribution >= 4 is 22.6 Å². The molecule has 1 aromatic heterocycles. The Morgan fingerprint density at radius 1 is 0.784 bits per heavy atom. The fourth-order valence-electron chi connectivity index (χ4n) is 4.46. The highest BCUT2D eigenvalue weighted by atomic mass is 16.1. The number of benzene rings is 4. The van der Waals surface area contributed by atoms with Gasteiger partial charge in [0.2, 0.25) is 5.91 Å². The van der Waals surface area contributed by atoms with Gasteiger partial charge in [-0.25, -0.2) is 9.97 Å². The second kappa shape index (κ2) is 11.5. The molecular formula is C32H30N4O. The van der Waals surface area contributed by atoms with Crippen molar-refractivity contribution in [3.05, 3.63) is 126 Å². The van der Waals surface area contributed by atoms with E-state index in [1.165, 1.54) is 0 Å². The number of nitrogens with one attached hydrogen (secondary N) is 1. The quantitative estimate of drug-likeness (QED) is 0.256. The maximum Gasteiger partial charge on any atom is 0.222 e. The van der Waals surface area contributed by atoms with Crippen molar-refractivity contribution in [1.29, 1.82) is 0 Å². The molecule has 0 bridgehead atoms. The summed E-state index contributed by atoms with van der Waals surface area (Å²) >= 11 is 0. The lowest BCUT2D eigenvalue weighted by molar-refractivity contribution is -0.121. The number of nitrogens with zero attached hydrogens (tertiary/aromatic N) is 3. The van der Waals surface area contributed by atoms with Crippen LogP contribution in [-0.2, 0) is 11.3 Å². The van der Waals surface area contributed by atoms with Crippen molar-refractivity contribution in [2.45, 2.75) is 25.9 Å². The highest BCUT2D eigenvalue weighted by molar-refractivity contribution is 5.91. The van der Waals surface area contributed by atoms with Crippen molar-refractivity contribution in [2.75, 3.05) is 11.4 Å². The first-order chi connectivity index (χ1) is 18.2. The van der Waals surface area contributed by atoms with Crippen molar-refractivity contribution in [3.63, 3.8) is 0 Å². The molecular weight excluding hydrogens is 456 g/mol. The Bertz CT molecular complexity index is 1460. The molecule has 1 N–H and O–H groups in total. The van der Waals surface area contributed by atoms with E-state index in [0.29, 0.717) is 25.3 Å². The highest BCUT2D eigenvalue weighted by Crippen LogP contribution is 2.29. The molecule has 0 aliphatic carbocycles. The third kappa shape index (κ3) is 6.01. The average molecular weight is 487 g/mol. The molecule has 0 saturated carbocycles. The van der Waals surface area contributed by atoms with Crippen molar-refractivity contribution < 1.29 is 4.79 Å². The molecule has 184 valence electrons. The molecule has 5 aromatic rings. The first kappa shape index (κ1) is 24.2. The summed E-state index contributed by atoms with van der Waals surface area (Å²) in [6.07, 6.45) is 0.350. The number of fused-ring (bicyclic) bond motifs is 1. The van der Waals surface area contributed by atoms with Crippen LogP contribution in [0.2, 0.25) is 0 Å². The van der Waals surface area contributed by atoms with Gasteiger partial charge in [0.1, 0.15) is 5.82 Å². The van der Waals surface area contributed by atoms with E-state index >= 15 is 0 Å². The van der Waals surface area contributed by atoms with Gasteiger partial charge in [-0.3, -0.25) is 4.79 Å². The largest absolute Gasteiger partial charge is 0.351 e. The maximum absolute atomic E-state index is 13.0. The summed E-state index contributed by atoms with van der Waals surface area (Å²) in [5.41, 5.74) is 4.09. The Morgan fingerprint density at radius 3 is 2.14 bits per heavy atom. The van der Waals surface area contributed by atoms with Gasteiger partial charge in [-0.05, 0) is 30.2 Å². The van der Waals surface area contributed by atoms with Crippen LogP contribution >= 0.6 is 0 Å². The van der Waals surface area contributed by atoms with Gasteiger partial charge in [0.15, 0.2) is 5.82 Å². The smallest absolute Gasteiger partial charge is 0.222 e. The van der Waals surface area contributed by atoms with Crippen LogP contribution in [-0.4, -0.2) is 22.4 Å². The van der Waals surface area contributed by atoms with Crippen molar-refractivity contribution in [1.82, 2.24) is 15.3 Å². The van der Waals surface area contributed by atoms with Crippen molar-refractivity contribution in [3.8, 4) is 11.4 Å². The summed E-state index contributed by atoms with van der Waals surface area (Å²) in [6, 6.07) is 38.4. The lowest BCUT2D eigenvalue weighted by atomic mass is 10.1. The second-order valence-electron chi connectivity index (χ2n) is 9.11. The number of anilines is 1. The summed E-state index contributed by atoms with van der Waals surface area (Å²) in [5.74, 6) is 1.52. The van der Waals surface area contributed by atoms with Crippen LogP contribution in [0.5, 0.6) is 0 Å². The van der Waals surface area contributed by atoms with Crippen molar-refractivity contribution in [2.24, 2.45) is 0 Å². The molecule has 0 spiro atoms. The Labute approximate surface area is 217 Å². The SMILES string of the molecule is CC(NC(=O)CCN(Cc1ccccc1)c1nc(-c2ccccc2)nc2ccccc12)c1ccccc1. The highest BCUT2D eigenvalue weighted by Gasteiger charge is 2.18. The minimum atomic E-state index is -0.0548. The van der Waals surface area contributed by atoms with Crippen LogP contribution in [0.4, 0.5) is 5.82 Å². The minimum absolute atomic E-state index is 0.0102. The fraction of sp³-hybridized carbons (Fsp3) is 0.156. The summed E-state index contributed by atoms with van der Waals surface area (Å²) in [6.45, 7) is 3.17. The molecule has 1 amide bonds. The van der Waals surface area contributed by atoms with Gasteiger partial charge in [-0.2, -0.15) is 0 Å². The summed E-state index contributed by atoms with van der Waals surface area (Å²) < 4.78 is 0.